The molecule has 1 aromatic carbocycles. The molecule has 0 aliphatic carbocycles. The molecule has 0 amide bonds. The predicted molar refractivity (Wildman–Crippen MR) is 72.2 cm³/mol. The first-order valence-electron chi connectivity index (χ1n) is 5.01. The van der Waals surface area contributed by atoms with Gasteiger partial charge in [-0.1, -0.05) is 33.6 Å². The minimum atomic E-state index is -3.89. The number of alkyl halides is 1. The van der Waals surface area contributed by atoms with Crippen molar-refractivity contribution >= 4 is 37.6 Å². The van der Waals surface area contributed by atoms with Gasteiger partial charge in [0.25, 0.3) is 0 Å². The lowest BCUT2D eigenvalue weighted by atomic mass is 10.0. The van der Waals surface area contributed by atoms with Crippen LogP contribution in [0.5, 0.6) is 0 Å². The molecule has 0 aromatic heterocycles. The van der Waals surface area contributed by atoms with Gasteiger partial charge in [0.05, 0.1) is 11.1 Å². The molecule has 0 heterocycles. The van der Waals surface area contributed by atoms with Crippen molar-refractivity contribution in [2.75, 3.05) is 5.33 Å². The topological polar surface area (TPSA) is 101 Å². The first-order chi connectivity index (χ1) is 8.27. The minimum absolute atomic E-state index is 0.0832. The van der Waals surface area contributed by atoms with Crippen LogP contribution in [0.1, 0.15) is 18.1 Å². The Morgan fingerprint density at radius 1 is 1.39 bits per heavy atom. The third-order valence-electron chi connectivity index (χ3n) is 2.37. The fraction of sp³-hybridized carbons (Fsp3) is 0.400. The quantitative estimate of drug-likeness (QED) is 0.688. The zero-order chi connectivity index (χ0) is 13.9. The van der Waals surface area contributed by atoms with Gasteiger partial charge in [-0.3, -0.25) is 0 Å². The van der Waals surface area contributed by atoms with Crippen LogP contribution in [0.2, 0.25) is 5.02 Å². The van der Waals surface area contributed by atoms with Crippen LogP contribution >= 0.6 is 27.5 Å². The molecule has 0 saturated heterocycles. The summed E-state index contributed by atoms with van der Waals surface area (Å²) in [7, 11) is -3.89. The number of halogens is 2. The zero-order valence-electron chi connectivity index (χ0n) is 9.25. The van der Waals surface area contributed by atoms with Crippen LogP contribution in [0.3, 0.4) is 0 Å². The van der Waals surface area contributed by atoms with Gasteiger partial charge < -0.3 is 10.2 Å². The van der Waals surface area contributed by atoms with Gasteiger partial charge in [0.15, 0.2) is 0 Å². The van der Waals surface area contributed by atoms with Gasteiger partial charge in [-0.05, 0) is 24.1 Å². The maximum Gasteiger partial charge on any atom is 0.239 e. The number of aliphatic hydroxyl groups excluding tert-OH is 2. The molecular formula is C10H13BrClNO4S. The van der Waals surface area contributed by atoms with E-state index in [9.17, 15) is 18.6 Å². The number of aliphatic hydroxyl groups is 2. The smallest absolute Gasteiger partial charge is 0.239 e. The molecule has 18 heavy (non-hydrogen) atoms. The number of primary sulfonamides is 1. The molecule has 102 valence electrons. The van der Waals surface area contributed by atoms with Crippen molar-refractivity contribution in [2.45, 2.75) is 23.5 Å². The zero-order valence-corrected chi connectivity index (χ0v) is 12.4. The second-order valence-corrected chi connectivity index (χ2v) is 6.45. The van der Waals surface area contributed by atoms with Crippen LogP contribution in [0.25, 0.3) is 0 Å². The van der Waals surface area contributed by atoms with E-state index in [1.165, 1.54) is 18.2 Å². The Morgan fingerprint density at radius 3 is 2.44 bits per heavy atom. The first kappa shape index (κ1) is 15.9. The van der Waals surface area contributed by atoms with Gasteiger partial charge >= 0.3 is 0 Å². The Bertz CT molecular complexity index is 523. The highest BCUT2D eigenvalue weighted by Gasteiger charge is 2.20. The lowest BCUT2D eigenvalue weighted by molar-refractivity contribution is 0.0173. The van der Waals surface area contributed by atoms with Crippen molar-refractivity contribution in [1.29, 1.82) is 0 Å². The van der Waals surface area contributed by atoms with Crippen LogP contribution in [-0.4, -0.2) is 30.1 Å². The van der Waals surface area contributed by atoms with Crippen molar-refractivity contribution in [2.24, 2.45) is 5.14 Å². The number of hydrogen-bond acceptors (Lipinski definition) is 4. The number of rotatable bonds is 5. The molecular weight excluding hydrogens is 346 g/mol. The van der Waals surface area contributed by atoms with E-state index in [0.717, 1.165) is 0 Å². The molecule has 4 N–H and O–H groups in total. The maximum absolute atomic E-state index is 11.1. The number of benzene rings is 1. The summed E-state index contributed by atoms with van der Waals surface area (Å²) in [5.41, 5.74) is 0.334. The third kappa shape index (κ3) is 3.91. The van der Waals surface area contributed by atoms with Gasteiger partial charge in [0, 0.05) is 5.33 Å². The molecule has 0 spiro atoms. The van der Waals surface area contributed by atoms with Crippen LogP contribution < -0.4 is 5.14 Å². The Morgan fingerprint density at radius 2 is 2.00 bits per heavy atom. The van der Waals surface area contributed by atoms with E-state index < -0.39 is 22.2 Å². The highest BCUT2D eigenvalue weighted by atomic mass is 79.9. The highest BCUT2D eigenvalue weighted by Crippen LogP contribution is 2.27. The monoisotopic (exact) mass is 357 g/mol. The molecule has 0 aliphatic heterocycles. The average molecular weight is 359 g/mol. The molecule has 1 rings (SSSR count). The van der Waals surface area contributed by atoms with E-state index in [0.29, 0.717) is 17.3 Å². The Balaban J connectivity index is 3.05. The Kier molecular flexibility index (Phi) is 5.57. The summed E-state index contributed by atoms with van der Waals surface area (Å²) in [5, 5.41) is 24.9. The average Bonchev–Trinajstić information content (AvgIpc) is 2.26. The summed E-state index contributed by atoms with van der Waals surface area (Å²) >= 11 is 8.93. The fourth-order valence-corrected chi connectivity index (χ4v) is 2.99. The normalized spacial score (nSPS) is 15.4. The van der Waals surface area contributed by atoms with Gasteiger partial charge in [0.1, 0.15) is 11.0 Å². The van der Waals surface area contributed by atoms with Crippen LogP contribution in [0.15, 0.2) is 23.1 Å². The van der Waals surface area contributed by atoms with Crippen molar-refractivity contribution in [3.63, 3.8) is 0 Å². The molecule has 0 saturated carbocycles. The minimum Gasteiger partial charge on any atom is -0.390 e. The number of sulfonamides is 1. The third-order valence-corrected chi connectivity index (χ3v) is 4.22. The second-order valence-electron chi connectivity index (χ2n) is 3.72. The molecule has 0 radical (unpaired) electrons. The van der Waals surface area contributed by atoms with E-state index >= 15 is 0 Å². The summed E-state index contributed by atoms with van der Waals surface area (Å²) in [6.07, 6.45) is -1.73. The summed E-state index contributed by atoms with van der Waals surface area (Å²) in [6, 6.07) is 3.86. The fourth-order valence-electron chi connectivity index (χ4n) is 1.42. The molecule has 5 nitrogen and oxygen atoms in total. The van der Waals surface area contributed by atoms with Crippen molar-refractivity contribution in [3.05, 3.63) is 28.8 Å². The second kappa shape index (κ2) is 6.31. The lowest BCUT2D eigenvalue weighted by Gasteiger charge is -2.17. The number of hydrogen-bond donors (Lipinski definition) is 3. The van der Waals surface area contributed by atoms with Gasteiger partial charge in [0.2, 0.25) is 10.0 Å². The van der Waals surface area contributed by atoms with Crippen LogP contribution in [0.4, 0.5) is 0 Å². The summed E-state index contributed by atoms with van der Waals surface area (Å²) in [5.74, 6) is 0. The predicted octanol–water partition coefficient (Wildman–Crippen LogP) is 1.17. The van der Waals surface area contributed by atoms with Gasteiger partial charge in [-0.25, -0.2) is 13.6 Å². The largest absolute Gasteiger partial charge is 0.390 e. The Hall–Kier alpha value is -0.180. The molecule has 8 heteroatoms. The van der Waals surface area contributed by atoms with E-state index in [1.807, 2.05) is 0 Å². The Labute approximate surface area is 119 Å². The summed E-state index contributed by atoms with van der Waals surface area (Å²) < 4.78 is 22.3. The van der Waals surface area contributed by atoms with E-state index in [1.54, 1.807) is 0 Å². The van der Waals surface area contributed by atoms with Crippen molar-refractivity contribution in [1.82, 2.24) is 0 Å². The molecule has 2 unspecified atom stereocenters. The molecule has 1 aromatic rings. The number of nitrogens with two attached hydrogens (primary N) is 1. The maximum atomic E-state index is 11.1. The van der Waals surface area contributed by atoms with E-state index in [2.05, 4.69) is 15.9 Å². The van der Waals surface area contributed by atoms with E-state index in [4.69, 9.17) is 16.7 Å². The van der Waals surface area contributed by atoms with Gasteiger partial charge in [-0.2, -0.15) is 0 Å². The first-order valence-corrected chi connectivity index (χ1v) is 8.06. The van der Waals surface area contributed by atoms with Gasteiger partial charge in [-0.15, -0.1) is 0 Å². The van der Waals surface area contributed by atoms with Crippen LogP contribution in [0, 0.1) is 0 Å². The molecule has 0 bridgehead atoms. The summed E-state index contributed by atoms with van der Waals surface area (Å²) in [4.78, 5) is -0.213. The SMILES string of the molecule is NS(=O)(=O)c1ccc(C(O)C(O)CCBr)cc1Cl. The van der Waals surface area contributed by atoms with Crippen molar-refractivity contribution < 1.29 is 18.6 Å². The lowest BCUT2D eigenvalue weighted by Crippen LogP contribution is -2.19. The van der Waals surface area contributed by atoms with E-state index in [-0.39, 0.29) is 9.92 Å². The highest BCUT2D eigenvalue weighted by molar-refractivity contribution is 9.09. The van der Waals surface area contributed by atoms with Crippen molar-refractivity contribution in [3.8, 4) is 0 Å². The molecule has 0 aliphatic rings. The summed E-state index contributed by atoms with van der Waals surface area (Å²) in [6.45, 7) is 0. The standard InChI is InChI=1S/C10H13BrClNO4S/c11-4-3-8(14)10(15)6-1-2-9(7(12)5-6)18(13,16)17/h1-2,5,8,10,14-15H,3-4H2,(H2,13,16,17). The molecule has 0 fully saturated rings. The molecule has 2 atom stereocenters. The van der Waals surface area contributed by atoms with Crippen LogP contribution in [-0.2, 0) is 10.0 Å².